The Balaban J connectivity index is 0.000000324. The Kier molecular flexibility index (Phi) is 39.0. The summed E-state index contributed by atoms with van der Waals surface area (Å²) < 4.78 is 0. The Hall–Kier alpha value is -5.94. The number of benzene rings is 6. The van der Waals surface area contributed by atoms with Crippen LogP contribution >= 0.6 is 0 Å². The third-order valence-corrected chi connectivity index (χ3v) is 17.7. The zero-order chi connectivity index (χ0) is 63.2. The molecular weight excluding hydrogens is 1080 g/mol. The second kappa shape index (κ2) is 47.0. The maximum Gasteiger partial charge on any atom is 0.198 e. The summed E-state index contributed by atoms with van der Waals surface area (Å²) in [4.78, 5) is 18.4. The van der Waals surface area contributed by atoms with Crippen LogP contribution in [0.15, 0.2) is 162 Å². The van der Waals surface area contributed by atoms with Crippen molar-refractivity contribution in [3.8, 4) is 0 Å². The fraction of sp³-hybridized carbons (Fsp3) is 0.548. The van der Waals surface area contributed by atoms with Gasteiger partial charge >= 0.3 is 0 Å². The first-order chi connectivity index (χ1) is 43.6. The van der Waals surface area contributed by atoms with Crippen LogP contribution in [0.25, 0.3) is 0 Å². The van der Waals surface area contributed by atoms with Crippen molar-refractivity contribution in [2.24, 2.45) is 9.98 Å². The van der Waals surface area contributed by atoms with E-state index in [2.05, 4.69) is 222 Å². The zero-order valence-electron chi connectivity index (χ0n) is 58.0. The highest BCUT2D eigenvalue weighted by Gasteiger charge is 2.22. The highest BCUT2D eigenvalue weighted by molar-refractivity contribution is 5.98. The van der Waals surface area contributed by atoms with Gasteiger partial charge in [-0.1, -0.05) is 374 Å². The van der Waals surface area contributed by atoms with E-state index < -0.39 is 0 Å². The molecule has 0 atom stereocenters. The average molecular weight is 1200 g/mol. The van der Waals surface area contributed by atoms with Crippen molar-refractivity contribution in [2.75, 3.05) is 19.6 Å². The normalized spacial score (nSPS) is 11.3. The second-order valence-electron chi connectivity index (χ2n) is 26.4. The maximum absolute atomic E-state index is 5.45. The van der Waals surface area contributed by atoms with Crippen molar-refractivity contribution in [3.05, 3.63) is 213 Å². The molecular formula is C84H125N5. The summed E-state index contributed by atoms with van der Waals surface area (Å²) in [7, 11) is 0. The summed E-state index contributed by atoms with van der Waals surface area (Å²) in [5, 5.41) is 0. The maximum atomic E-state index is 5.45. The van der Waals surface area contributed by atoms with Gasteiger partial charge in [0.05, 0.1) is 6.54 Å². The molecule has 486 valence electrons. The zero-order valence-corrected chi connectivity index (χ0v) is 58.0. The molecule has 0 aromatic heterocycles. The molecule has 0 aliphatic carbocycles. The van der Waals surface area contributed by atoms with E-state index in [1.807, 2.05) is 0 Å². The number of nitrogens with zero attached hydrogens (tertiary/aromatic N) is 5. The second-order valence-corrected chi connectivity index (χ2v) is 26.4. The number of aryl methyl sites for hydroxylation is 5. The number of aliphatic imine (C=N–C) groups is 2. The first-order valence-corrected chi connectivity index (χ1v) is 36.3. The molecule has 0 saturated heterocycles. The topological polar surface area (TPSA) is 34.4 Å². The fourth-order valence-corrected chi connectivity index (χ4v) is 12.0. The van der Waals surface area contributed by atoms with E-state index in [1.54, 1.807) is 0 Å². The summed E-state index contributed by atoms with van der Waals surface area (Å²) in [6, 6.07) is 55.5. The van der Waals surface area contributed by atoms with Gasteiger partial charge in [0.25, 0.3) is 0 Å². The van der Waals surface area contributed by atoms with Crippen molar-refractivity contribution in [3.63, 3.8) is 0 Å². The molecule has 0 bridgehead atoms. The quantitative estimate of drug-likeness (QED) is 0.0217. The van der Waals surface area contributed by atoms with Gasteiger partial charge in [0.1, 0.15) is 5.84 Å². The first kappa shape index (κ1) is 73.8. The predicted molar refractivity (Wildman–Crippen MR) is 390 cm³/mol. The summed E-state index contributed by atoms with van der Waals surface area (Å²) in [6.07, 6.45) is 41.8. The van der Waals surface area contributed by atoms with Gasteiger partial charge in [-0.25, -0.2) is 4.99 Å². The van der Waals surface area contributed by atoms with E-state index in [-0.39, 0.29) is 0 Å². The lowest BCUT2D eigenvalue weighted by molar-refractivity contribution is 0.293. The smallest absolute Gasteiger partial charge is 0.198 e. The molecule has 0 amide bonds. The van der Waals surface area contributed by atoms with Crippen LogP contribution in [0.3, 0.4) is 0 Å². The van der Waals surface area contributed by atoms with E-state index >= 15 is 0 Å². The van der Waals surface area contributed by atoms with Gasteiger partial charge < -0.3 is 14.7 Å². The van der Waals surface area contributed by atoms with Gasteiger partial charge in [-0.05, 0) is 81.7 Å². The van der Waals surface area contributed by atoms with Crippen LogP contribution in [-0.2, 0) is 32.7 Å². The van der Waals surface area contributed by atoms with Crippen molar-refractivity contribution in [1.29, 1.82) is 0 Å². The molecule has 5 heteroatoms. The summed E-state index contributed by atoms with van der Waals surface area (Å²) in [5.74, 6) is 2.28. The average Bonchev–Trinajstić information content (AvgIpc) is 3.02. The SMILES string of the molecule is CCCCCCCCCCCCN=C(c1ccccc1)N(CCCCCCCCCCCC)CCCCCCCCCCCC.Cc1ccc(CN=C(N(Cc2ccc(C)cc2)Cc2ccc(C)cc2)N(Cc2ccc(C)cc2)Cc2ccc(C)cc2)cc1. The summed E-state index contributed by atoms with van der Waals surface area (Å²) >= 11 is 0. The van der Waals surface area contributed by atoms with Crippen LogP contribution in [-0.4, -0.2) is 46.1 Å². The fourth-order valence-electron chi connectivity index (χ4n) is 12.0. The van der Waals surface area contributed by atoms with Crippen LogP contribution in [0.4, 0.5) is 0 Å². The molecule has 0 spiro atoms. The highest BCUT2D eigenvalue weighted by Crippen LogP contribution is 2.22. The third kappa shape index (κ3) is 33.1. The Morgan fingerprint density at radius 2 is 0.539 bits per heavy atom. The highest BCUT2D eigenvalue weighted by atomic mass is 15.4. The lowest BCUT2D eigenvalue weighted by Gasteiger charge is -2.35. The van der Waals surface area contributed by atoms with Crippen LogP contribution in [0.5, 0.6) is 0 Å². The largest absolute Gasteiger partial charge is 0.356 e. The minimum atomic E-state index is 0.617. The van der Waals surface area contributed by atoms with E-state index in [4.69, 9.17) is 9.98 Å². The molecule has 89 heavy (non-hydrogen) atoms. The Morgan fingerprint density at radius 1 is 0.270 bits per heavy atom. The number of hydrogen-bond donors (Lipinski definition) is 0. The van der Waals surface area contributed by atoms with Crippen LogP contribution in [0.2, 0.25) is 0 Å². The number of hydrogen-bond acceptors (Lipinski definition) is 2. The molecule has 0 fully saturated rings. The molecule has 0 aliphatic rings. The Bertz CT molecular complexity index is 2490. The number of rotatable bonds is 44. The number of guanidine groups is 1. The van der Waals surface area contributed by atoms with Crippen LogP contribution in [0, 0.1) is 34.6 Å². The molecule has 5 nitrogen and oxygen atoms in total. The van der Waals surface area contributed by atoms with Gasteiger partial charge in [0.15, 0.2) is 5.96 Å². The van der Waals surface area contributed by atoms with Crippen molar-refractivity contribution < 1.29 is 0 Å². The van der Waals surface area contributed by atoms with Gasteiger partial charge in [0.2, 0.25) is 0 Å². The minimum Gasteiger partial charge on any atom is -0.356 e. The molecule has 0 radical (unpaired) electrons. The molecule has 0 N–H and O–H groups in total. The summed E-state index contributed by atoms with van der Waals surface area (Å²) in [6.45, 7) is 24.6. The van der Waals surface area contributed by atoms with Crippen LogP contribution < -0.4 is 0 Å². The molecule has 0 aliphatic heterocycles. The van der Waals surface area contributed by atoms with E-state index in [1.165, 1.54) is 273 Å². The van der Waals surface area contributed by atoms with E-state index in [9.17, 15) is 0 Å². The predicted octanol–water partition coefficient (Wildman–Crippen LogP) is 24.0. The van der Waals surface area contributed by atoms with Crippen molar-refractivity contribution in [2.45, 2.75) is 281 Å². The lowest BCUT2D eigenvalue weighted by atomic mass is 10.1. The van der Waals surface area contributed by atoms with Crippen molar-refractivity contribution >= 4 is 11.8 Å². The van der Waals surface area contributed by atoms with Gasteiger partial charge in [0, 0.05) is 51.4 Å². The molecule has 6 aromatic carbocycles. The van der Waals surface area contributed by atoms with E-state index in [0.717, 1.165) is 38.7 Å². The molecule has 6 aromatic rings. The number of amidine groups is 1. The van der Waals surface area contributed by atoms with E-state index in [0.29, 0.717) is 6.54 Å². The number of unbranched alkanes of at least 4 members (excludes halogenated alkanes) is 27. The Morgan fingerprint density at radius 3 is 0.843 bits per heavy atom. The minimum absolute atomic E-state index is 0.617. The standard InChI is InChI=1S/C43H80N2.C41H45N3/c1-4-7-10-13-16-19-22-25-28-34-39-44-43(42-37-32-31-33-38-42)45(40-35-29-26-23-20-17-14-11-8-5-2)41-36-30-27-24-21-18-15-12-9-6-3;1-31-6-16-36(17-7-31)26-42-41(43(27-37-18-8-32(2)9-19-37)28-38-20-10-33(3)11-21-38)44(29-39-22-12-34(4)13-23-39)30-40-24-14-35(5)15-25-40/h31-33,37-38H,4-30,34-36,39-41H2,1-3H3;6-25H,26-30H2,1-5H3. The molecule has 0 saturated carbocycles. The molecule has 0 unspecified atom stereocenters. The van der Waals surface area contributed by atoms with Crippen molar-refractivity contribution in [1.82, 2.24) is 14.7 Å². The lowest BCUT2D eigenvalue weighted by Crippen LogP contribution is -2.43. The third-order valence-electron chi connectivity index (χ3n) is 17.7. The molecule has 0 heterocycles. The summed E-state index contributed by atoms with van der Waals surface area (Å²) in [5.41, 5.74) is 14.0. The van der Waals surface area contributed by atoms with Crippen LogP contribution in [0.1, 0.15) is 275 Å². The molecule has 6 rings (SSSR count). The van der Waals surface area contributed by atoms with Gasteiger partial charge in [-0.15, -0.1) is 0 Å². The van der Waals surface area contributed by atoms with Gasteiger partial charge in [-0.3, -0.25) is 4.99 Å². The monoisotopic (exact) mass is 1200 g/mol. The van der Waals surface area contributed by atoms with Gasteiger partial charge in [-0.2, -0.15) is 0 Å². The first-order valence-electron chi connectivity index (χ1n) is 36.3. The Labute approximate surface area is 546 Å².